The standard InChI is InChI=1S/C21H36O5/c1-3-4-5-6-7-8-9-10-11-12-13-14-15-18-20(25-17(2)23)19(16-22)26-21(18)24/h15,19-20,22H,3-14,16H2,1-2H3/b18-15+/t19-,20+/m0/s1. The van der Waals surface area contributed by atoms with Crippen LogP contribution in [-0.2, 0) is 19.1 Å². The second kappa shape index (κ2) is 13.8. The van der Waals surface area contributed by atoms with Crippen LogP contribution in [0.3, 0.4) is 0 Å². The molecule has 1 fully saturated rings. The highest BCUT2D eigenvalue weighted by Crippen LogP contribution is 2.25. The first-order valence-electron chi connectivity index (χ1n) is 10.3. The van der Waals surface area contributed by atoms with Crippen molar-refractivity contribution in [3.05, 3.63) is 11.6 Å². The predicted octanol–water partition coefficient (Wildman–Crippen LogP) is 4.46. The molecule has 1 saturated heterocycles. The first-order valence-corrected chi connectivity index (χ1v) is 10.3. The van der Waals surface area contributed by atoms with Gasteiger partial charge in [-0.15, -0.1) is 0 Å². The molecule has 0 aromatic carbocycles. The van der Waals surface area contributed by atoms with Crippen molar-refractivity contribution in [1.82, 2.24) is 0 Å². The second-order valence-electron chi connectivity index (χ2n) is 7.14. The number of carbonyl (C=O) groups is 2. The summed E-state index contributed by atoms with van der Waals surface area (Å²) in [4.78, 5) is 23.1. The number of unbranched alkanes of at least 4 members (excludes halogenated alkanes) is 11. The molecule has 1 aliphatic heterocycles. The summed E-state index contributed by atoms with van der Waals surface area (Å²) in [5.74, 6) is -0.967. The minimum Gasteiger partial charge on any atom is -0.453 e. The van der Waals surface area contributed by atoms with E-state index in [1.165, 1.54) is 64.7 Å². The lowest BCUT2D eigenvalue weighted by Gasteiger charge is -2.15. The van der Waals surface area contributed by atoms with Crippen molar-refractivity contribution in [2.24, 2.45) is 0 Å². The van der Waals surface area contributed by atoms with Gasteiger partial charge >= 0.3 is 11.9 Å². The molecule has 26 heavy (non-hydrogen) atoms. The van der Waals surface area contributed by atoms with E-state index < -0.39 is 24.1 Å². The van der Waals surface area contributed by atoms with Crippen LogP contribution in [0.15, 0.2) is 11.6 Å². The third kappa shape index (κ3) is 8.84. The molecule has 0 aromatic rings. The maximum absolute atomic E-state index is 11.9. The highest BCUT2D eigenvalue weighted by Gasteiger charge is 2.41. The summed E-state index contributed by atoms with van der Waals surface area (Å²) < 4.78 is 10.2. The Labute approximate surface area is 158 Å². The normalized spacial score (nSPS) is 21.2. The van der Waals surface area contributed by atoms with Crippen LogP contribution in [0.25, 0.3) is 0 Å². The molecule has 0 radical (unpaired) electrons. The van der Waals surface area contributed by atoms with Crippen LogP contribution in [0.2, 0.25) is 0 Å². The van der Waals surface area contributed by atoms with Gasteiger partial charge in [0.2, 0.25) is 0 Å². The predicted molar refractivity (Wildman–Crippen MR) is 102 cm³/mol. The van der Waals surface area contributed by atoms with Gasteiger partial charge in [0.1, 0.15) is 0 Å². The smallest absolute Gasteiger partial charge is 0.338 e. The van der Waals surface area contributed by atoms with Gasteiger partial charge in [-0.25, -0.2) is 4.79 Å². The number of allylic oxidation sites excluding steroid dienone is 1. The maximum Gasteiger partial charge on any atom is 0.338 e. The summed E-state index contributed by atoms with van der Waals surface area (Å²) in [6.07, 6.45) is 15.1. The fourth-order valence-electron chi connectivity index (χ4n) is 3.30. The highest BCUT2D eigenvalue weighted by molar-refractivity contribution is 5.92. The Balaban J connectivity index is 2.16. The molecule has 0 amide bonds. The fraction of sp³-hybridized carbons (Fsp3) is 0.810. The van der Waals surface area contributed by atoms with Crippen molar-refractivity contribution in [2.75, 3.05) is 6.61 Å². The van der Waals surface area contributed by atoms with Crippen molar-refractivity contribution in [1.29, 1.82) is 0 Å². The van der Waals surface area contributed by atoms with Gasteiger partial charge < -0.3 is 14.6 Å². The van der Waals surface area contributed by atoms with Gasteiger partial charge in [-0.05, 0) is 12.8 Å². The molecular formula is C21H36O5. The lowest BCUT2D eigenvalue weighted by molar-refractivity contribution is -0.152. The van der Waals surface area contributed by atoms with Crippen LogP contribution in [0, 0.1) is 0 Å². The van der Waals surface area contributed by atoms with Crippen molar-refractivity contribution < 1.29 is 24.2 Å². The summed E-state index contributed by atoms with van der Waals surface area (Å²) in [6, 6.07) is 0. The third-order valence-corrected chi connectivity index (χ3v) is 4.78. The van der Waals surface area contributed by atoms with Crippen LogP contribution in [-0.4, -0.2) is 35.9 Å². The summed E-state index contributed by atoms with van der Waals surface area (Å²) in [7, 11) is 0. The molecule has 2 atom stereocenters. The molecule has 5 heteroatoms. The van der Waals surface area contributed by atoms with E-state index >= 15 is 0 Å². The van der Waals surface area contributed by atoms with Gasteiger partial charge in [-0.1, -0.05) is 77.2 Å². The van der Waals surface area contributed by atoms with Crippen LogP contribution < -0.4 is 0 Å². The molecule has 1 N–H and O–H groups in total. The Hall–Kier alpha value is -1.36. The lowest BCUT2D eigenvalue weighted by atomic mass is 10.0. The summed E-state index contributed by atoms with van der Waals surface area (Å²) in [6.45, 7) is 3.19. The minimum absolute atomic E-state index is 0.348. The van der Waals surface area contributed by atoms with Gasteiger partial charge in [0.15, 0.2) is 12.2 Å². The zero-order valence-corrected chi connectivity index (χ0v) is 16.5. The largest absolute Gasteiger partial charge is 0.453 e. The molecule has 0 spiro atoms. The van der Waals surface area contributed by atoms with E-state index in [9.17, 15) is 14.7 Å². The van der Waals surface area contributed by atoms with E-state index in [0.717, 1.165) is 19.3 Å². The molecule has 1 rings (SSSR count). The van der Waals surface area contributed by atoms with E-state index in [0.29, 0.717) is 5.57 Å². The van der Waals surface area contributed by atoms with Crippen molar-refractivity contribution >= 4 is 11.9 Å². The molecule has 0 bridgehead atoms. The fourth-order valence-corrected chi connectivity index (χ4v) is 3.30. The molecule has 0 saturated carbocycles. The first-order chi connectivity index (χ1) is 12.6. The number of rotatable bonds is 14. The Kier molecular flexibility index (Phi) is 12.0. The van der Waals surface area contributed by atoms with Gasteiger partial charge in [-0.2, -0.15) is 0 Å². The Morgan fingerprint density at radius 2 is 1.58 bits per heavy atom. The molecule has 150 valence electrons. The third-order valence-electron chi connectivity index (χ3n) is 4.78. The molecular weight excluding hydrogens is 332 g/mol. The Morgan fingerprint density at radius 1 is 1.04 bits per heavy atom. The van der Waals surface area contributed by atoms with Crippen molar-refractivity contribution in [2.45, 2.75) is 103 Å². The number of esters is 2. The molecule has 1 aliphatic rings. The molecule has 1 heterocycles. The van der Waals surface area contributed by atoms with Gasteiger partial charge in [0.25, 0.3) is 0 Å². The highest BCUT2D eigenvalue weighted by atomic mass is 16.6. The Bertz CT molecular complexity index is 444. The quantitative estimate of drug-likeness (QED) is 0.278. The number of aliphatic hydroxyl groups is 1. The van der Waals surface area contributed by atoms with E-state index in [4.69, 9.17) is 9.47 Å². The van der Waals surface area contributed by atoms with Crippen LogP contribution in [0.4, 0.5) is 0 Å². The van der Waals surface area contributed by atoms with E-state index in [1.807, 2.05) is 0 Å². The van der Waals surface area contributed by atoms with Crippen LogP contribution in [0.1, 0.15) is 90.9 Å². The molecule has 0 unspecified atom stereocenters. The molecule has 0 aromatic heterocycles. The summed E-state index contributed by atoms with van der Waals surface area (Å²) in [5.41, 5.74) is 0.367. The monoisotopic (exact) mass is 368 g/mol. The number of hydrogen-bond acceptors (Lipinski definition) is 5. The van der Waals surface area contributed by atoms with Crippen LogP contribution >= 0.6 is 0 Å². The van der Waals surface area contributed by atoms with Crippen molar-refractivity contribution in [3.63, 3.8) is 0 Å². The summed E-state index contributed by atoms with van der Waals surface area (Å²) in [5, 5.41) is 9.26. The van der Waals surface area contributed by atoms with Crippen LogP contribution in [0.5, 0.6) is 0 Å². The number of hydrogen-bond donors (Lipinski definition) is 1. The van der Waals surface area contributed by atoms with E-state index in [1.54, 1.807) is 6.08 Å². The second-order valence-corrected chi connectivity index (χ2v) is 7.14. The average molecular weight is 369 g/mol. The van der Waals surface area contributed by atoms with Gasteiger partial charge in [-0.3, -0.25) is 4.79 Å². The maximum atomic E-state index is 11.9. The summed E-state index contributed by atoms with van der Waals surface area (Å²) >= 11 is 0. The Morgan fingerprint density at radius 3 is 2.08 bits per heavy atom. The number of carbonyl (C=O) groups excluding carboxylic acids is 2. The van der Waals surface area contributed by atoms with E-state index in [-0.39, 0.29) is 6.61 Å². The zero-order chi connectivity index (χ0) is 19.2. The van der Waals surface area contributed by atoms with E-state index in [2.05, 4.69) is 6.92 Å². The number of cyclic esters (lactones) is 1. The topological polar surface area (TPSA) is 72.8 Å². The zero-order valence-electron chi connectivity index (χ0n) is 16.5. The minimum atomic E-state index is -0.782. The average Bonchev–Trinajstić information content (AvgIpc) is 2.90. The number of ether oxygens (including phenoxy) is 2. The van der Waals surface area contributed by atoms with Gasteiger partial charge in [0, 0.05) is 6.92 Å². The van der Waals surface area contributed by atoms with Crippen molar-refractivity contribution in [3.8, 4) is 0 Å². The first kappa shape index (κ1) is 22.7. The molecule has 5 nitrogen and oxygen atoms in total. The SMILES string of the molecule is CCCCCCCCCCCCC/C=C1/C(=O)O[C@@H](CO)[C@@H]1OC(C)=O. The van der Waals surface area contributed by atoms with Gasteiger partial charge in [0.05, 0.1) is 12.2 Å². The lowest BCUT2D eigenvalue weighted by Crippen LogP contribution is -2.30. The molecule has 0 aliphatic carbocycles. The number of aliphatic hydroxyl groups excluding tert-OH is 1.